The van der Waals surface area contributed by atoms with Crippen molar-refractivity contribution in [2.75, 3.05) is 25.1 Å². The number of fused-ring (bicyclic) bond motifs is 1. The number of hydrogen-bond donors (Lipinski definition) is 4. The number of carbonyl (C=O) groups excluding carboxylic acids is 1. The van der Waals surface area contributed by atoms with Gasteiger partial charge in [0.05, 0.1) is 12.1 Å². The van der Waals surface area contributed by atoms with Crippen LogP contribution in [-0.4, -0.2) is 59.5 Å². The number of pyridine rings is 1. The molecule has 1 aromatic heterocycles. The van der Waals surface area contributed by atoms with Gasteiger partial charge in [0.15, 0.2) is 0 Å². The van der Waals surface area contributed by atoms with E-state index in [-0.39, 0.29) is 41.4 Å². The van der Waals surface area contributed by atoms with Gasteiger partial charge in [-0.1, -0.05) is 20.8 Å². The Kier molecular flexibility index (Phi) is 9.40. The van der Waals surface area contributed by atoms with E-state index < -0.39 is 12.1 Å². The Labute approximate surface area is 249 Å². The first kappa shape index (κ1) is 30.7. The van der Waals surface area contributed by atoms with Gasteiger partial charge in [-0.25, -0.2) is 9.37 Å². The highest BCUT2D eigenvalue weighted by Gasteiger charge is 2.46. The fourth-order valence-corrected chi connectivity index (χ4v) is 6.48. The Balaban J connectivity index is 1.29. The lowest BCUT2D eigenvalue weighted by atomic mass is 9.73. The molecule has 4 N–H and O–H groups in total. The van der Waals surface area contributed by atoms with Gasteiger partial charge in [0.25, 0.3) is 0 Å². The van der Waals surface area contributed by atoms with Crippen molar-refractivity contribution < 1.29 is 23.8 Å². The summed E-state index contributed by atoms with van der Waals surface area (Å²) in [5.74, 6) is 0.0876. The molecule has 0 bridgehead atoms. The quantitative estimate of drug-likeness (QED) is 0.318. The second kappa shape index (κ2) is 12.9. The monoisotopic (exact) mass is 582 g/mol. The fourth-order valence-electron chi connectivity index (χ4n) is 6.48. The molecule has 230 valence electrons. The van der Waals surface area contributed by atoms with E-state index in [2.05, 4.69) is 42.8 Å². The van der Waals surface area contributed by atoms with Crippen molar-refractivity contribution in [3.63, 3.8) is 0 Å². The normalized spacial score (nSPS) is 21.5. The number of carbonyl (C=O) groups is 1. The molecule has 1 aliphatic carbocycles. The standard InChI is InChI=1S/C33H47FN4O4/c1-21(39)37-28(15-22-12-24(34)16-26(13-22)38-25-6-10-41-11-7-25)30(40)20-35-29-18-33(8-5-9-33)42-31-27(29)14-23(19-36-31)17-32(2,3)4/h12-14,16,19,25,28-30,35,38,40H,5-11,15,17-18,20H2,1-4H3,(H,37,39)/t28-,29-,30+/m0/s1. The Morgan fingerprint density at radius 2 is 1.93 bits per heavy atom. The number of halogens is 1. The Morgan fingerprint density at radius 1 is 1.17 bits per heavy atom. The minimum absolute atomic E-state index is 0.0291. The minimum atomic E-state index is -0.890. The molecule has 3 aliphatic rings. The van der Waals surface area contributed by atoms with Gasteiger partial charge in [0.1, 0.15) is 11.4 Å². The van der Waals surface area contributed by atoms with Crippen LogP contribution in [0.1, 0.15) is 89.0 Å². The number of rotatable bonds is 10. The third-order valence-electron chi connectivity index (χ3n) is 8.63. The van der Waals surface area contributed by atoms with Gasteiger partial charge in [-0.2, -0.15) is 0 Å². The van der Waals surface area contributed by atoms with Gasteiger partial charge in [-0.15, -0.1) is 0 Å². The van der Waals surface area contributed by atoms with Gasteiger partial charge in [0, 0.05) is 62.6 Å². The molecule has 1 saturated carbocycles. The number of aromatic nitrogens is 1. The molecule has 1 aromatic carbocycles. The Bertz CT molecular complexity index is 1240. The molecular weight excluding hydrogens is 535 g/mol. The SMILES string of the molecule is CC(=O)N[C@@H](Cc1cc(F)cc(NC2CCOCC2)c1)[C@H](O)CN[C@H]1CC2(CCC2)Oc2ncc(CC(C)(C)C)cc21. The van der Waals surface area contributed by atoms with Gasteiger partial charge < -0.3 is 30.5 Å². The minimum Gasteiger partial charge on any atom is -0.471 e. The van der Waals surface area contributed by atoms with Crippen LogP contribution in [0.25, 0.3) is 0 Å². The summed E-state index contributed by atoms with van der Waals surface area (Å²) < 4.78 is 26.5. The van der Waals surface area contributed by atoms with Crippen LogP contribution in [0.15, 0.2) is 30.5 Å². The molecule has 9 heteroatoms. The summed E-state index contributed by atoms with van der Waals surface area (Å²) in [6.45, 7) is 9.72. The lowest BCUT2D eigenvalue weighted by molar-refractivity contribution is -0.120. The molecule has 1 spiro atoms. The zero-order valence-corrected chi connectivity index (χ0v) is 25.5. The molecule has 1 amide bonds. The molecule has 3 atom stereocenters. The summed E-state index contributed by atoms with van der Waals surface area (Å²) in [5, 5.41) is 21.3. The number of amides is 1. The fraction of sp³-hybridized carbons (Fsp3) is 0.636. The molecule has 0 unspecified atom stereocenters. The van der Waals surface area contributed by atoms with Crippen molar-refractivity contribution in [3.8, 4) is 5.88 Å². The number of benzene rings is 1. The first-order chi connectivity index (χ1) is 20.0. The highest BCUT2D eigenvalue weighted by molar-refractivity contribution is 5.73. The maximum absolute atomic E-state index is 14.6. The average Bonchev–Trinajstić information content (AvgIpc) is 2.89. The topological polar surface area (TPSA) is 105 Å². The smallest absolute Gasteiger partial charge is 0.218 e. The van der Waals surface area contributed by atoms with Gasteiger partial charge >= 0.3 is 0 Å². The number of aliphatic hydroxyl groups excluding tert-OH is 1. The third kappa shape index (κ3) is 7.99. The van der Waals surface area contributed by atoms with Crippen LogP contribution in [0, 0.1) is 11.2 Å². The molecular formula is C33H47FN4O4. The van der Waals surface area contributed by atoms with Crippen molar-refractivity contribution in [3.05, 3.63) is 53.0 Å². The largest absolute Gasteiger partial charge is 0.471 e. The number of anilines is 1. The van der Waals surface area contributed by atoms with E-state index in [0.717, 1.165) is 56.1 Å². The third-order valence-corrected chi connectivity index (χ3v) is 8.63. The second-order valence-electron chi connectivity index (χ2n) is 13.7. The van der Waals surface area contributed by atoms with Crippen LogP contribution in [-0.2, 0) is 22.4 Å². The van der Waals surface area contributed by atoms with E-state index in [0.29, 0.717) is 36.8 Å². The van der Waals surface area contributed by atoms with Crippen molar-refractivity contribution in [1.29, 1.82) is 0 Å². The van der Waals surface area contributed by atoms with E-state index in [1.807, 2.05) is 12.3 Å². The molecule has 3 heterocycles. The molecule has 2 fully saturated rings. The van der Waals surface area contributed by atoms with Crippen molar-refractivity contribution >= 4 is 11.6 Å². The van der Waals surface area contributed by atoms with Crippen LogP contribution in [0.5, 0.6) is 5.88 Å². The van der Waals surface area contributed by atoms with Gasteiger partial charge in [-0.3, -0.25) is 4.79 Å². The number of ether oxygens (including phenoxy) is 2. The first-order valence-corrected chi connectivity index (χ1v) is 15.5. The van der Waals surface area contributed by atoms with E-state index in [1.54, 1.807) is 0 Å². The summed E-state index contributed by atoms with van der Waals surface area (Å²) in [6, 6.07) is 6.68. The number of nitrogens with zero attached hydrogens (tertiary/aromatic N) is 1. The van der Waals surface area contributed by atoms with Crippen molar-refractivity contribution in [1.82, 2.24) is 15.6 Å². The number of nitrogens with one attached hydrogen (secondary N) is 3. The summed E-state index contributed by atoms with van der Waals surface area (Å²) >= 11 is 0. The maximum Gasteiger partial charge on any atom is 0.218 e. The Morgan fingerprint density at radius 3 is 2.60 bits per heavy atom. The predicted octanol–water partition coefficient (Wildman–Crippen LogP) is 4.84. The highest BCUT2D eigenvalue weighted by atomic mass is 19.1. The molecule has 1 saturated heterocycles. The van der Waals surface area contributed by atoms with Gasteiger partial charge in [-0.05, 0) is 85.8 Å². The van der Waals surface area contributed by atoms with Gasteiger partial charge in [0.2, 0.25) is 11.8 Å². The molecule has 5 rings (SSSR count). The summed E-state index contributed by atoms with van der Waals surface area (Å²) in [4.78, 5) is 16.8. The Hall–Kier alpha value is -2.75. The lowest BCUT2D eigenvalue weighted by Gasteiger charge is -2.47. The molecule has 2 aliphatic heterocycles. The van der Waals surface area contributed by atoms with E-state index in [1.165, 1.54) is 19.1 Å². The summed E-state index contributed by atoms with van der Waals surface area (Å²) in [7, 11) is 0. The zero-order valence-electron chi connectivity index (χ0n) is 25.5. The highest BCUT2D eigenvalue weighted by Crippen LogP contribution is 2.48. The van der Waals surface area contributed by atoms with Crippen LogP contribution in [0.3, 0.4) is 0 Å². The van der Waals surface area contributed by atoms with Crippen LogP contribution < -0.4 is 20.7 Å². The zero-order chi connectivity index (χ0) is 29.9. The molecule has 0 radical (unpaired) electrons. The molecule has 42 heavy (non-hydrogen) atoms. The summed E-state index contributed by atoms with van der Waals surface area (Å²) in [6.07, 6.45) is 7.91. The van der Waals surface area contributed by atoms with E-state index in [4.69, 9.17) is 14.5 Å². The van der Waals surface area contributed by atoms with Crippen molar-refractivity contribution in [2.45, 2.75) is 109 Å². The van der Waals surface area contributed by atoms with Crippen molar-refractivity contribution in [2.24, 2.45) is 5.41 Å². The first-order valence-electron chi connectivity index (χ1n) is 15.5. The van der Waals surface area contributed by atoms with Crippen LogP contribution in [0.2, 0.25) is 0 Å². The predicted molar refractivity (Wildman–Crippen MR) is 161 cm³/mol. The summed E-state index contributed by atoms with van der Waals surface area (Å²) in [5.41, 5.74) is 3.52. The maximum atomic E-state index is 14.6. The second-order valence-corrected chi connectivity index (χ2v) is 13.7. The molecule has 8 nitrogen and oxygen atoms in total. The average molecular weight is 583 g/mol. The van der Waals surface area contributed by atoms with E-state index >= 15 is 0 Å². The van der Waals surface area contributed by atoms with Crippen LogP contribution >= 0.6 is 0 Å². The number of hydrogen-bond acceptors (Lipinski definition) is 7. The van der Waals surface area contributed by atoms with Crippen LogP contribution in [0.4, 0.5) is 10.1 Å². The van der Waals surface area contributed by atoms with E-state index in [9.17, 15) is 14.3 Å². The lowest BCUT2D eigenvalue weighted by Crippen LogP contribution is -2.52. The number of aliphatic hydroxyl groups is 1. The molecule has 2 aromatic rings.